The number of aliphatic hydroxyl groups is 1. The molecule has 1 aliphatic rings. The van der Waals surface area contributed by atoms with E-state index in [0.717, 1.165) is 5.56 Å². The van der Waals surface area contributed by atoms with E-state index in [1.807, 2.05) is 61.7 Å². The highest BCUT2D eigenvalue weighted by Crippen LogP contribution is 2.25. The molecule has 1 aromatic rings. The van der Waals surface area contributed by atoms with Crippen LogP contribution in [0.15, 0.2) is 54.8 Å². The molecule has 0 spiro atoms. The molecule has 0 aromatic heterocycles. The van der Waals surface area contributed by atoms with Gasteiger partial charge in [-0.15, -0.1) is 0 Å². The number of dihydropyridines is 1. The van der Waals surface area contributed by atoms with Crippen LogP contribution in [0.1, 0.15) is 12.5 Å². The van der Waals surface area contributed by atoms with Crippen molar-refractivity contribution in [3.63, 3.8) is 0 Å². The van der Waals surface area contributed by atoms with Gasteiger partial charge in [-0.05, 0) is 24.8 Å². The fraction of sp³-hybridized carbons (Fsp3) is 0.231. The lowest BCUT2D eigenvalue weighted by atomic mass is 9.87. The van der Waals surface area contributed by atoms with Crippen molar-refractivity contribution in [3.05, 3.63) is 60.3 Å². The summed E-state index contributed by atoms with van der Waals surface area (Å²) in [6, 6.07) is 9.62. The third kappa shape index (κ3) is 1.95. The Kier molecular flexibility index (Phi) is 2.60. The predicted molar refractivity (Wildman–Crippen MR) is 61.2 cm³/mol. The van der Waals surface area contributed by atoms with Crippen molar-refractivity contribution < 1.29 is 5.11 Å². The maximum Gasteiger partial charge on any atom is 0.110 e. The molecule has 2 atom stereocenters. The molecular weight excluding hydrogens is 186 g/mol. The van der Waals surface area contributed by atoms with Crippen LogP contribution in [0.3, 0.4) is 0 Å². The van der Waals surface area contributed by atoms with Crippen molar-refractivity contribution in [2.75, 3.05) is 0 Å². The Balaban J connectivity index is 2.27. The van der Waals surface area contributed by atoms with Crippen LogP contribution < -0.4 is 5.32 Å². The van der Waals surface area contributed by atoms with E-state index in [1.165, 1.54) is 0 Å². The van der Waals surface area contributed by atoms with E-state index >= 15 is 0 Å². The molecule has 0 aliphatic carbocycles. The smallest absolute Gasteiger partial charge is 0.110 e. The maximum absolute atomic E-state index is 10.5. The van der Waals surface area contributed by atoms with E-state index in [4.69, 9.17) is 0 Å². The number of rotatable bonds is 2. The average Bonchev–Trinajstić information content (AvgIpc) is 2.31. The molecule has 2 N–H and O–H groups in total. The molecule has 0 fully saturated rings. The van der Waals surface area contributed by atoms with Crippen molar-refractivity contribution in [2.24, 2.45) is 0 Å². The summed E-state index contributed by atoms with van der Waals surface area (Å²) in [6.07, 6.45) is 7.67. The lowest BCUT2D eigenvalue weighted by Crippen LogP contribution is -2.44. The molecular formula is C13H15NO. The van der Waals surface area contributed by atoms with E-state index in [9.17, 15) is 5.11 Å². The van der Waals surface area contributed by atoms with E-state index in [1.54, 1.807) is 0 Å². The molecule has 1 aromatic carbocycles. The van der Waals surface area contributed by atoms with Crippen molar-refractivity contribution in [1.29, 1.82) is 0 Å². The second-order valence-corrected chi connectivity index (χ2v) is 3.90. The topological polar surface area (TPSA) is 32.3 Å². The molecule has 2 unspecified atom stereocenters. The zero-order valence-corrected chi connectivity index (χ0v) is 8.72. The summed E-state index contributed by atoms with van der Waals surface area (Å²) in [5.74, 6) is 0. The van der Waals surface area contributed by atoms with Crippen LogP contribution >= 0.6 is 0 Å². The van der Waals surface area contributed by atoms with E-state index in [0.29, 0.717) is 0 Å². The standard InChI is InChI=1S/C13H15NO/c1-13(15,11-7-3-2-4-8-11)12-9-5-6-10-14-12/h2-10,12,14-15H,1H3. The largest absolute Gasteiger partial charge is 0.383 e. The second-order valence-electron chi connectivity index (χ2n) is 3.90. The van der Waals surface area contributed by atoms with Crippen LogP contribution in [-0.4, -0.2) is 11.1 Å². The summed E-state index contributed by atoms with van der Waals surface area (Å²) < 4.78 is 0. The predicted octanol–water partition coefficient (Wildman–Crippen LogP) is 1.94. The first-order chi connectivity index (χ1) is 7.21. The zero-order valence-electron chi connectivity index (χ0n) is 8.72. The van der Waals surface area contributed by atoms with Gasteiger partial charge in [-0.2, -0.15) is 0 Å². The van der Waals surface area contributed by atoms with Crippen LogP contribution in [0.25, 0.3) is 0 Å². The van der Waals surface area contributed by atoms with Crippen LogP contribution in [0.4, 0.5) is 0 Å². The fourth-order valence-corrected chi connectivity index (χ4v) is 1.75. The average molecular weight is 201 g/mol. The van der Waals surface area contributed by atoms with Gasteiger partial charge in [0.15, 0.2) is 0 Å². The lowest BCUT2D eigenvalue weighted by molar-refractivity contribution is 0.0354. The molecule has 15 heavy (non-hydrogen) atoms. The summed E-state index contributed by atoms with van der Waals surface area (Å²) in [7, 11) is 0. The van der Waals surface area contributed by atoms with E-state index in [2.05, 4.69) is 5.32 Å². The summed E-state index contributed by atoms with van der Waals surface area (Å²) >= 11 is 0. The number of allylic oxidation sites excluding steroid dienone is 2. The van der Waals surface area contributed by atoms with Gasteiger partial charge in [0.1, 0.15) is 5.60 Å². The highest BCUT2D eigenvalue weighted by atomic mass is 16.3. The zero-order chi connectivity index (χ0) is 10.7. The fourth-order valence-electron chi connectivity index (χ4n) is 1.75. The van der Waals surface area contributed by atoms with Gasteiger partial charge in [0.05, 0.1) is 6.04 Å². The van der Waals surface area contributed by atoms with Gasteiger partial charge in [-0.1, -0.05) is 42.5 Å². The minimum atomic E-state index is -0.886. The first kappa shape index (κ1) is 9.99. The molecule has 1 aliphatic heterocycles. The molecule has 0 bridgehead atoms. The highest BCUT2D eigenvalue weighted by Gasteiger charge is 2.31. The van der Waals surface area contributed by atoms with Gasteiger partial charge < -0.3 is 10.4 Å². The molecule has 1 heterocycles. The summed E-state index contributed by atoms with van der Waals surface area (Å²) in [5, 5.41) is 13.6. The number of hydrogen-bond donors (Lipinski definition) is 2. The van der Waals surface area contributed by atoms with Crippen LogP contribution in [0.2, 0.25) is 0 Å². The summed E-state index contributed by atoms with van der Waals surface area (Å²) in [6.45, 7) is 1.82. The van der Waals surface area contributed by atoms with Gasteiger partial charge >= 0.3 is 0 Å². The Hall–Kier alpha value is -1.54. The first-order valence-corrected chi connectivity index (χ1v) is 5.08. The summed E-state index contributed by atoms with van der Waals surface area (Å²) in [4.78, 5) is 0. The second kappa shape index (κ2) is 3.91. The minimum Gasteiger partial charge on any atom is -0.383 e. The molecule has 0 radical (unpaired) electrons. The maximum atomic E-state index is 10.5. The van der Waals surface area contributed by atoms with E-state index in [-0.39, 0.29) is 6.04 Å². The minimum absolute atomic E-state index is 0.0788. The molecule has 2 nitrogen and oxygen atoms in total. The lowest BCUT2D eigenvalue weighted by Gasteiger charge is -2.32. The van der Waals surface area contributed by atoms with Crippen molar-refractivity contribution in [3.8, 4) is 0 Å². The molecule has 0 saturated heterocycles. The van der Waals surface area contributed by atoms with Crippen molar-refractivity contribution >= 4 is 0 Å². The molecule has 78 valence electrons. The van der Waals surface area contributed by atoms with Crippen LogP contribution in [-0.2, 0) is 5.60 Å². The monoisotopic (exact) mass is 201 g/mol. The molecule has 2 heteroatoms. The molecule has 2 rings (SSSR count). The van der Waals surface area contributed by atoms with Crippen LogP contribution in [0.5, 0.6) is 0 Å². The normalized spacial score (nSPS) is 23.2. The molecule has 0 amide bonds. The first-order valence-electron chi connectivity index (χ1n) is 5.08. The molecule has 0 saturated carbocycles. The van der Waals surface area contributed by atoms with Gasteiger partial charge in [0.25, 0.3) is 0 Å². The quantitative estimate of drug-likeness (QED) is 0.766. The Bertz CT molecular complexity index is 379. The van der Waals surface area contributed by atoms with Gasteiger partial charge in [0, 0.05) is 0 Å². The third-order valence-electron chi connectivity index (χ3n) is 2.75. The number of hydrogen-bond acceptors (Lipinski definition) is 2. The van der Waals surface area contributed by atoms with Gasteiger partial charge in [-0.3, -0.25) is 0 Å². The Morgan fingerprint density at radius 1 is 1.20 bits per heavy atom. The van der Waals surface area contributed by atoms with Gasteiger partial charge in [0.2, 0.25) is 0 Å². The highest BCUT2D eigenvalue weighted by molar-refractivity contribution is 5.28. The van der Waals surface area contributed by atoms with Crippen molar-refractivity contribution in [1.82, 2.24) is 5.32 Å². The van der Waals surface area contributed by atoms with Crippen molar-refractivity contribution in [2.45, 2.75) is 18.6 Å². The Morgan fingerprint density at radius 2 is 1.93 bits per heavy atom. The van der Waals surface area contributed by atoms with Gasteiger partial charge in [-0.25, -0.2) is 0 Å². The Morgan fingerprint density at radius 3 is 2.53 bits per heavy atom. The van der Waals surface area contributed by atoms with Crippen LogP contribution in [0, 0.1) is 0 Å². The Labute approximate surface area is 89.9 Å². The summed E-state index contributed by atoms with van der Waals surface area (Å²) in [5.41, 5.74) is 0.0325. The third-order valence-corrected chi connectivity index (χ3v) is 2.75. The SMILES string of the molecule is CC(O)(c1ccccc1)C1C=CC=CN1. The number of nitrogens with one attached hydrogen (secondary N) is 1. The number of benzene rings is 1. The van der Waals surface area contributed by atoms with E-state index < -0.39 is 5.60 Å².